The molecule has 15 heteroatoms. The second kappa shape index (κ2) is 7.22. The molecule has 1 aliphatic heterocycles. The van der Waals surface area contributed by atoms with Gasteiger partial charge in [-0.1, -0.05) is 5.16 Å². The van der Waals surface area contributed by atoms with Gasteiger partial charge >= 0.3 is 16.3 Å². The van der Waals surface area contributed by atoms with E-state index in [1.54, 1.807) is 0 Å². The molecule has 0 spiro atoms. The Morgan fingerprint density at radius 2 is 2.19 bits per heavy atom. The fraction of sp³-hybridized carbons (Fsp3) is 0.364. The number of hydrogen-bond donors (Lipinski definition) is 4. The second-order valence-electron chi connectivity index (χ2n) is 4.98. The summed E-state index contributed by atoms with van der Waals surface area (Å²) in [5.41, 5.74) is 4.99. The number of anilines is 1. The highest BCUT2D eigenvalue weighted by Gasteiger charge is 2.51. The zero-order valence-electron chi connectivity index (χ0n) is 13.0. The summed E-state index contributed by atoms with van der Waals surface area (Å²) in [7, 11) is -4.74. The van der Waals surface area contributed by atoms with Gasteiger partial charge in [0.05, 0.1) is 6.04 Å². The summed E-state index contributed by atoms with van der Waals surface area (Å²) in [6.45, 7) is 0.463. The number of aromatic nitrogens is 1. The zero-order valence-corrected chi connectivity index (χ0v) is 14.7. The third-order valence-corrected chi connectivity index (χ3v) is 4.88. The van der Waals surface area contributed by atoms with E-state index in [-0.39, 0.29) is 15.1 Å². The highest BCUT2D eigenvalue weighted by Crippen LogP contribution is 2.23. The lowest BCUT2D eigenvalue weighted by atomic mass is 10.0. The number of thiazole rings is 1. The van der Waals surface area contributed by atoms with Crippen molar-refractivity contribution in [2.24, 2.45) is 5.16 Å². The van der Waals surface area contributed by atoms with Gasteiger partial charge < -0.3 is 21.0 Å². The van der Waals surface area contributed by atoms with Gasteiger partial charge in [0.2, 0.25) is 6.61 Å². The van der Waals surface area contributed by atoms with Crippen molar-refractivity contribution in [2.75, 3.05) is 12.3 Å². The van der Waals surface area contributed by atoms with Crippen LogP contribution in [0.5, 0.6) is 0 Å². The molecule has 2 heterocycles. The van der Waals surface area contributed by atoms with E-state index in [4.69, 9.17) is 15.4 Å². The number of carbonyl (C=O) groups is 3. The summed E-state index contributed by atoms with van der Waals surface area (Å²) in [5, 5.41) is 15.6. The second-order valence-corrected chi connectivity index (χ2v) is 7.16. The molecular formula is C11H13N5O8S2. The maximum absolute atomic E-state index is 12.4. The first kappa shape index (κ1) is 19.5. The van der Waals surface area contributed by atoms with Gasteiger partial charge in [0.15, 0.2) is 10.8 Å². The molecule has 13 nitrogen and oxygen atoms in total. The van der Waals surface area contributed by atoms with Crippen LogP contribution in [0.2, 0.25) is 0 Å². The Balaban J connectivity index is 2.17. The number of oxime groups is 1. The van der Waals surface area contributed by atoms with Gasteiger partial charge in [-0.2, -0.15) is 8.42 Å². The number of carboxylic acid groups (broad SMARTS) is 1. The van der Waals surface area contributed by atoms with Crippen molar-refractivity contribution in [1.29, 1.82) is 0 Å². The monoisotopic (exact) mass is 407 g/mol. The summed E-state index contributed by atoms with van der Waals surface area (Å²) in [5.74, 6) is -3.35. The van der Waals surface area contributed by atoms with Crippen LogP contribution in [0.3, 0.4) is 0 Å². The molecule has 0 aromatic carbocycles. The Labute approximate surface area is 150 Å². The molecule has 0 bridgehead atoms. The normalized spacial score (nSPS) is 20.5. The number of nitrogens with one attached hydrogen (secondary N) is 1. The van der Waals surface area contributed by atoms with Crippen LogP contribution in [0.4, 0.5) is 5.13 Å². The molecule has 5 N–H and O–H groups in total. The van der Waals surface area contributed by atoms with Crippen LogP contribution in [-0.2, 0) is 29.5 Å². The van der Waals surface area contributed by atoms with Crippen LogP contribution >= 0.6 is 11.3 Å². The van der Waals surface area contributed by atoms with E-state index in [2.05, 4.69) is 20.3 Å². The third kappa shape index (κ3) is 4.06. The van der Waals surface area contributed by atoms with E-state index in [0.717, 1.165) is 11.3 Å². The van der Waals surface area contributed by atoms with Crippen molar-refractivity contribution < 1.29 is 37.3 Å². The van der Waals surface area contributed by atoms with E-state index in [0.29, 0.717) is 0 Å². The zero-order chi connectivity index (χ0) is 19.6. The van der Waals surface area contributed by atoms with Gasteiger partial charge in [-0.05, 0) is 6.92 Å². The van der Waals surface area contributed by atoms with Crippen molar-refractivity contribution in [3.05, 3.63) is 11.1 Å². The van der Waals surface area contributed by atoms with Gasteiger partial charge in [0.1, 0.15) is 11.7 Å². The lowest BCUT2D eigenvalue weighted by Crippen LogP contribution is -2.71. The number of nitrogen functional groups attached to an aromatic ring is 1. The van der Waals surface area contributed by atoms with Crippen LogP contribution in [0.1, 0.15) is 12.6 Å². The first-order valence-corrected chi connectivity index (χ1v) is 9.04. The summed E-state index contributed by atoms with van der Waals surface area (Å²) in [4.78, 5) is 43.0. The molecule has 1 fully saturated rings. The minimum absolute atomic E-state index is 0.0264. The highest BCUT2D eigenvalue weighted by molar-refractivity contribution is 7.84. The molecule has 1 saturated heterocycles. The highest BCUT2D eigenvalue weighted by atomic mass is 32.2. The Bertz CT molecular complexity index is 879. The fourth-order valence-corrected chi connectivity index (χ4v) is 3.50. The lowest BCUT2D eigenvalue weighted by molar-refractivity contribution is -0.143. The average Bonchev–Trinajstić information content (AvgIpc) is 2.93. The minimum Gasteiger partial charge on any atom is -0.479 e. The summed E-state index contributed by atoms with van der Waals surface area (Å²) in [6.07, 6.45) is 0. The number of nitrogens with two attached hydrogens (primary N) is 1. The Hall–Kier alpha value is -2.78. The molecule has 26 heavy (non-hydrogen) atoms. The van der Waals surface area contributed by atoms with Crippen molar-refractivity contribution >= 4 is 50.3 Å². The Morgan fingerprint density at radius 3 is 2.65 bits per heavy atom. The SMILES string of the molecule is CC1C(NC(=O)/C(=N/OCC(=O)O)c2csc(N)n2)C(=O)N1S(=O)(=O)O. The number of carboxylic acids is 1. The van der Waals surface area contributed by atoms with Gasteiger partial charge in [-0.15, -0.1) is 11.3 Å². The van der Waals surface area contributed by atoms with Gasteiger partial charge in [-0.3, -0.25) is 14.1 Å². The lowest BCUT2D eigenvalue weighted by Gasteiger charge is -2.42. The quantitative estimate of drug-likeness (QED) is 0.170. The number of carbonyl (C=O) groups excluding carboxylic acids is 2. The molecule has 1 aliphatic rings. The van der Waals surface area contributed by atoms with Gasteiger partial charge in [-0.25, -0.2) is 14.1 Å². The number of rotatable bonds is 7. The van der Waals surface area contributed by atoms with Crippen LogP contribution < -0.4 is 11.1 Å². The fourth-order valence-electron chi connectivity index (χ4n) is 2.07. The van der Waals surface area contributed by atoms with Crippen LogP contribution in [0, 0.1) is 0 Å². The van der Waals surface area contributed by atoms with Crippen molar-refractivity contribution in [3.63, 3.8) is 0 Å². The van der Waals surface area contributed by atoms with Crippen LogP contribution in [0.25, 0.3) is 0 Å². The molecule has 142 valence electrons. The molecule has 0 radical (unpaired) electrons. The molecule has 2 rings (SSSR count). The molecule has 0 aliphatic carbocycles. The van der Waals surface area contributed by atoms with Gasteiger partial charge in [0, 0.05) is 5.38 Å². The van der Waals surface area contributed by atoms with Crippen LogP contribution in [-0.4, -0.2) is 69.6 Å². The predicted molar refractivity (Wildman–Crippen MR) is 86.4 cm³/mol. The molecule has 0 saturated carbocycles. The molecule has 1 aromatic rings. The van der Waals surface area contributed by atoms with Crippen molar-refractivity contribution in [1.82, 2.24) is 14.6 Å². The van der Waals surface area contributed by atoms with E-state index in [1.165, 1.54) is 12.3 Å². The summed E-state index contributed by atoms with van der Waals surface area (Å²) in [6, 6.07) is -2.28. The molecule has 2 amide bonds. The van der Waals surface area contributed by atoms with E-state index in [1.807, 2.05) is 0 Å². The van der Waals surface area contributed by atoms with Crippen molar-refractivity contribution in [3.8, 4) is 0 Å². The number of amides is 2. The molecule has 1 aromatic heterocycles. The Morgan fingerprint density at radius 1 is 1.54 bits per heavy atom. The third-order valence-electron chi connectivity index (χ3n) is 3.19. The minimum atomic E-state index is -4.74. The first-order valence-electron chi connectivity index (χ1n) is 6.77. The number of hydrogen-bond acceptors (Lipinski definition) is 10. The maximum Gasteiger partial charge on any atom is 0.362 e. The smallest absolute Gasteiger partial charge is 0.362 e. The first-order chi connectivity index (χ1) is 12.0. The van der Waals surface area contributed by atoms with E-state index >= 15 is 0 Å². The summed E-state index contributed by atoms with van der Waals surface area (Å²) >= 11 is 0.980. The van der Waals surface area contributed by atoms with Gasteiger partial charge in [0.25, 0.3) is 11.8 Å². The number of aliphatic carboxylic acids is 1. The topological polar surface area (TPSA) is 202 Å². The average molecular weight is 407 g/mol. The number of nitrogens with zero attached hydrogens (tertiary/aromatic N) is 3. The van der Waals surface area contributed by atoms with Crippen molar-refractivity contribution in [2.45, 2.75) is 19.0 Å². The summed E-state index contributed by atoms with van der Waals surface area (Å²) < 4.78 is 31.2. The largest absolute Gasteiger partial charge is 0.479 e. The van der Waals surface area contributed by atoms with E-state index in [9.17, 15) is 22.8 Å². The standard InChI is InChI=1S/C11H13N5O8S2/c1-4-7(10(20)16(4)26(21,22)23)14-9(19)8(15-24-2-6(17)18)5-3-25-11(12)13-5/h3-4,7H,2H2,1H3,(H2,12,13)(H,14,19)(H,17,18)(H,21,22,23)/b15-8+. The molecular weight excluding hydrogens is 394 g/mol. The van der Waals surface area contributed by atoms with Crippen LogP contribution in [0.15, 0.2) is 10.5 Å². The van der Waals surface area contributed by atoms with E-state index < -0.39 is 52.5 Å². The maximum atomic E-state index is 12.4. The molecule has 2 atom stereocenters. The number of β-lactam (4-membered cyclic amide) rings is 1. The molecule has 2 unspecified atom stereocenters. The predicted octanol–water partition coefficient (Wildman–Crippen LogP) is -1.95. The Kier molecular flexibility index (Phi) is 5.43.